The highest BCUT2D eigenvalue weighted by Gasteiger charge is 2.87. The maximum Gasteiger partial charge on any atom is 0.311 e. The minimum Gasteiger partial charge on any atom is -0.457 e. The number of hydrogen-bond acceptors (Lipinski definition) is 6. The summed E-state index contributed by atoms with van der Waals surface area (Å²) in [6.07, 6.45) is 1.64. The second-order valence-electron chi connectivity index (χ2n) is 9.26. The van der Waals surface area contributed by atoms with E-state index in [0.717, 1.165) is 0 Å². The van der Waals surface area contributed by atoms with Crippen LogP contribution in [-0.2, 0) is 28.5 Å². The highest BCUT2D eigenvalue weighted by atomic mass is 35.5. The van der Waals surface area contributed by atoms with Gasteiger partial charge in [0.1, 0.15) is 15.9 Å². The number of rotatable bonds is 7. The first-order valence-electron chi connectivity index (χ1n) is 10.5. The van der Waals surface area contributed by atoms with Crippen molar-refractivity contribution < 1.29 is 28.5 Å². The second-order valence-corrected chi connectivity index (χ2v) is 11.2. The van der Waals surface area contributed by atoms with E-state index in [1.165, 1.54) is 14.2 Å². The molecule has 0 spiro atoms. The molecule has 1 unspecified atom stereocenters. The third-order valence-electron chi connectivity index (χ3n) is 6.47. The lowest BCUT2D eigenvalue weighted by atomic mass is 9.72. The summed E-state index contributed by atoms with van der Waals surface area (Å²) in [5, 5.41) is 0.221. The predicted molar refractivity (Wildman–Crippen MR) is 124 cm³/mol. The zero-order valence-electron chi connectivity index (χ0n) is 19.2. The fourth-order valence-corrected chi connectivity index (χ4v) is 7.39. The van der Waals surface area contributed by atoms with Gasteiger partial charge in [-0.2, -0.15) is 0 Å². The van der Waals surface area contributed by atoms with Gasteiger partial charge in [0, 0.05) is 32.7 Å². The molecule has 1 fully saturated rings. The van der Waals surface area contributed by atoms with Gasteiger partial charge in [-0.15, -0.1) is 23.2 Å². The highest BCUT2D eigenvalue weighted by Crippen LogP contribution is 2.76. The Labute approximate surface area is 209 Å². The van der Waals surface area contributed by atoms with E-state index in [9.17, 15) is 4.79 Å². The molecule has 0 saturated heterocycles. The van der Waals surface area contributed by atoms with Crippen molar-refractivity contribution >= 4 is 52.4 Å². The number of ether oxygens (including phenoxy) is 5. The van der Waals surface area contributed by atoms with Gasteiger partial charge in [-0.1, -0.05) is 29.3 Å². The monoisotopic (exact) mass is 530 g/mol. The molecule has 0 N–H and O–H groups in total. The average molecular weight is 532 g/mol. The number of halogens is 4. The van der Waals surface area contributed by atoms with Crippen LogP contribution >= 0.6 is 46.4 Å². The molecule has 3 aliphatic carbocycles. The van der Waals surface area contributed by atoms with E-state index in [-0.39, 0.29) is 10.1 Å². The zero-order chi connectivity index (χ0) is 24.3. The van der Waals surface area contributed by atoms with Gasteiger partial charge in [-0.3, -0.25) is 4.79 Å². The largest absolute Gasteiger partial charge is 0.457 e. The summed E-state index contributed by atoms with van der Waals surface area (Å²) in [6, 6.07) is 0. The number of carbonyl (C=O) groups is 1. The molecule has 1 saturated carbocycles. The molecule has 7 atom stereocenters. The molecule has 10 heteroatoms. The first kappa shape index (κ1) is 26.6. The van der Waals surface area contributed by atoms with Crippen molar-refractivity contribution in [1.29, 1.82) is 0 Å². The third kappa shape index (κ3) is 3.40. The van der Waals surface area contributed by atoms with Crippen LogP contribution in [-0.4, -0.2) is 60.8 Å². The quantitative estimate of drug-likeness (QED) is 0.195. The molecule has 0 heterocycles. The van der Waals surface area contributed by atoms with Crippen LogP contribution in [0.5, 0.6) is 0 Å². The van der Waals surface area contributed by atoms with Gasteiger partial charge in [0.25, 0.3) is 0 Å². The minimum absolute atomic E-state index is 0.101. The lowest BCUT2D eigenvalue weighted by molar-refractivity contribution is -0.224. The number of alkyl halides is 2. The first-order chi connectivity index (χ1) is 14.8. The maximum atomic E-state index is 12.8. The fourth-order valence-electron chi connectivity index (χ4n) is 5.14. The Kier molecular flexibility index (Phi) is 7.36. The molecule has 0 aromatic rings. The molecule has 3 rings (SSSR count). The van der Waals surface area contributed by atoms with Crippen LogP contribution in [0.2, 0.25) is 0 Å². The van der Waals surface area contributed by atoms with Crippen LogP contribution in [0.15, 0.2) is 22.2 Å². The van der Waals surface area contributed by atoms with Gasteiger partial charge in [0.15, 0.2) is 6.29 Å². The van der Waals surface area contributed by atoms with E-state index in [4.69, 9.17) is 70.1 Å². The minimum atomic E-state index is -1.64. The molecular weight excluding hydrogens is 502 g/mol. The van der Waals surface area contributed by atoms with Crippen LogP contribution in [0.25, 0.3) is 0 Å². The zero-order valence-corrected chi connectivity index (χ0v) is 22.2. The predicted octanol–water partition coefficient (Wildman–Crippen LogP) is 5.17. The van der Waals surface area contributed by atoms with Crippen molar-refractivity contribution in [2.45, 2.75) is 68.7 Å². The van der Waals surface area contributed by atoms with Crippen molar-refractivity contribution in [2.75, 3.05) is 20.8 Å². The number of esters is 1. The van der Waals surface area contributed by atoms with Gasteiger partial charge in [-0.05, 0) is 40.7 Å². The lowest BCUT2D eigenvalue weighted by Crippen LogP contribution is -2.58. The SMILES string of the molecule is CCOC(C)O[C@H]1C=C[C@@H](OC(=O)C(C)(C)C)[C@@H]2[C@H]1[C@]1(Cl)C(Cl)=C(Cl)[C@@]2(Cl)C1(OC)OC. The van der Waals surface area contributed by atoms with E-state index in [1.54, 1.807) is 39.8 Å². The molecule has 182 valence electrons. The van der Waals surface area contributed by atoms with Gasteiger partial charge < -0.3 is 23.7 Å². The number of carbonyl (C=O) groups excluding carboxylic acids is 1. The van der Waals surface area contributed by atoms with Crippen LogP contribution in [0.3, 0.4) is 0 Å². The van der Waals surface area contributed by atoms with E-state index >= 15 is 0 Å². The van der Waals surface area contributed by atoms with Gasteiger partial charge >= 0.3 is 5.97 Å². The molecule has 2 bridgehead atoms. The standard InChI is InChI=1S/C22H30Cl4O6/c1-8-30-11(2)31-12-9-10-13(32-18(27)19(3,4)5)15-14(12)20(25)16(23)17(24)21(15,26)22(20,28-6)29-7/h9-15H,8H2,1-7H3/t11?,12-,13+,14-,15+,20-,21+/m0/s1. The van der Waals surface area contributed by atoms with Crippen LogP contribution < -0.4 is 0 Å². The highest BCUT2D eigenvalue weighted by molar-refractivity contribution is 6.52. The summed E-state index contributed by atoms with van der Waals surface area (Å²) in [4.78, 5) is 9.74. The summed E-state index contributed by atoms with van der Waals surface area (Å²) in [5.41, 5.74) is -0.729. The normalized spacial score (nSPS) is 38.7. The molecule has 0 aliphatic heterocycles. The van der Waals surface area contributed by atoms with E-state index in [0.29, 0.717) is 6.61 Å². The molecule has 3 aliphatic rings. The third-order valence-corrected chi connectivity index (χ3v) is 9.12. The average Bonchev–Trinajstić information content (AvgIpc) is 2.98. The van der Waals surface area contributed by atoms with Gasteiger partial charge in [-0.25, -0.2) is 0 Å². The number of methoxy groups -OCH3 is 2. The van der Waals surface area contributed by atoms with E-state index < -0.39 is 57.3 Å². The smallest absolute Gasteiger partial charge is 0.311 e. The van der Waals surface area contributed by atoms with Crippen molar-refractivity contribution in [3.05, 3.63) is 22.2 Å². The first-order valence-corrected chi connectivity index (χ1v) is 12.0. The summed E-state index contributed by atoms with van der Waals surface area (Å²) < 4.78 is 29.3. The molecule has 6 nitrogen and oxygen atoms in total. The number of fused-ring (bicyclic) bond motifs is 5. The molecule has 32 heavy (non-hydrogen) atoms. The molecule has 0 aromatic carbocycles. The molecular formula is C22H30Cl4O6. The maximum absolute atomic E-state index is 12.8. The Morgan fingerprint density at radius 3 is 1.94 bits per heavy atom. The Hall–Kier alpha value is -0.0500. The summed E-state index contributed by atoms with van der Waals surface area (Å²) in [6.45, 7) is 9.44. The van der Waals surface area contributed by atoms with Crippen LogP contribution in [0, 0.1) is 17.3 Å². The van der Waals surface area contributed by atoms with Crippen molar-refractivity contribution in [2.24, 2.45) is 17.3 Å². The van der Waals surface area contributed by atoms with E-state index in [2.05, 4.69) is 0 Å². The lowest BCUT2D eigenvalue weighted by Gasteiger charge is -2.45. The summed E-state index contributed by atoms with van der Waals surface area (Å²) in [5.74, 6) is -3.30. The Morgan fingerprint density at radius 1 is 1.03 bits per heavy atom. The van der Waals surface area contributed by atoms with Crippen LogP contribution in [0.1, 0.15) is 34.6 Å². The summed E-state index contributed by atoms with van der Waals surface area (Å²) in [7, 11) is 2.86. The Balaban J connectivity index is 2.17. The fraction of sp³-hybridized carbons (Fsp3) is 0.773. The molecule has 0 aromatic heterocycles. The topological polar surface area (TPSA) is 63.2 Å². The van der Waals surface area contributed by atoms with Gasteiger partial charge in [0.05, 0.1) is 21.6 Å². The Bertz CT molecular complexity index is 820. The van der Waals surface area contributed by atoms with Crippen molar-refractivity contribution in [1.82, 2.24) is 0 Å². The van der Waals surface area contributed by atoms with Crippen molar-refractivity contribution in [3.8, 4) is 0 Å². The summed E-state index contributed by atoms with van der Waals surface area (Å²) >= 11 is 27.9. The van der Waals surface area contributed by atoms with E-state index in [1.807, 2.05) is 6.92 Å². The van der Waals surface area contributed by atoms with Gasteiger partial charge in [0.2, 0.25) is 5.79 Å². The second kappa shape index (κ2) is 8.87. The van der Waals surface area contributed by atoms with Crippen molar-refractivity contribution in [3.63, 3.8) is 0 Å². The molecule has 0 amide bonds. The number of hydrogen-bond donors (Lipinski definition) is 0. The Morgan fingerprint density at radius 2 is 1.50 bits per heavy atom. The van der Waals surface area contributed by atoms with Crippen LogP contribution in [0.4, 0.5) is 0 Å². The molecule has 0 radical (unpaired) electrons.